The van der Waals surface area contributed by atoms with Crippen molar-refractivity contribution in [2.24, 2.45) is 0 Å². The number of aryl methyl sites for hydroxylation is 3. The number of furan rings is 1. The predicted octanol–water partition coefficient (Wildman–Crippen LogP) is 3.96. The van der Waals surface area contributed by atoms with E-state index in [0.29, 0.717) is 0 Å². The Morgan fingerprint density at radius 2 is 2.30 bits per heavy atom. The molecule has 0 fully saturated rings. The molecule has 2 aromatic rings. The third-order valence-corrected chi connectivity index (χ3v) is 4.73. The number of hydrogen-bond acceptors (Lipinski definition) is 3. The second kappa shape index (κ2) is 6.75. The monoisotopic (exact) mass is 291 g/mol. The minimum Gasteiger partial charge on any atom is -0.469 e. The number of amides is 1. The summed E-state index contributed by atoms with van der Waals surface area (Å²) in [5.41, 5.74) is 1.21. The molecule has 0 radical (unpaired) electrons. The maximum Gasteiger partial charge on any atom is 0.261 e. The topological polar surface area (TPSA) is 42.2 Å². The number of carbonyl (C=O) groups excluding carboxylic acids is 1. The van der Waals surface area contributed by atoms with Gasteiger partial charge in [0.1, 0.15) is 5.76 Å². The molecule has 0 saturated heterocycles. The molecular formula is C16H21NO2S. The van der Waals surface area contributed by atoms with Crippen LogP contribution in [0, 0.1) is 6.92 Å². The zero-order valence-corrected chi connectivity index (χ0v) is 13.0. The quantitative estimate of drug-likeness (QED) is 0.875. The summed E-state index contributed by atoms with van der Waals surface area (Å²) < 4.78 is 5.30. The van der Waals surface area contributed by atoms with Gasteiger partial charge in [0.25, 0.3) is 5.91 Å². The Balaban J connectivity index is 1.86. The first-order valence-corrected chi connectivity index (χ1v) is 7.84. The summed E-state index contributed by atoms with van der Waals surface area (Å²) >= 11 is 1.59. The van der Waals surface area contributed by atoms with E-state index in [1.807, 2.05) is 25.1 Å². The summed E-state index contributed by atoms with van der Waals surface area (Å²) in [6, 6.07) is 5.97. The molecule has 1 unspecified atom stereocenters. The summed E-state index contributed by atoms with van der Waals surface area (Å²) in [6.07, 6.45) is 4.39. The van der Waals surface area contributed by atoms with Crippen LogP contribution < -0.4 is 5.32 Å². The van der Waals surface area contributed by atoms with Gasteiger partial charge in [0.05, 0.1) is 11.1 Å². The lowest BCUT2D eigenvalue weighted by molar-refractivity contribution is 0.0942. The maximum absolute atomic E-state index is 12.2. The van der Waals surface area contributed by atoms with Crippen LogP contribution in [-0.4, -0.2) is 11.9 Å². The lowest BCUT2D eigenvalue weighted by Gasteiger charge is -2.12. The molecule has 3 nitrogen and oxygen atoms in total. The Kier molecular flexibility index (Phi) is 5.01. The largest absolute Gasteiger partial charge is 0.469 e. The smallest absolute Gasteiger partial charge is 0.261 e. The van der Waals surface area contributed by atoms with Crippen LogP contribution in [-0.2, 0) is 12.8 Å². The van der Waals surface area contributed by atoms with E-state index in [0.717, 1.165) is 29.9 Å². The van der Waals surface area contributed by atoms with Crippen LogP contribution in [0.1, 0.15) is 46.1 Å². The van der Waals surface area contributed by atoms with Crippen molar-refractivity contribution in [3.63, 3.8) is 0 Å². The van der Waals surface area contributed by atoms with E-state index in [1.165, 1.54) is 10.4 Å². The molecule has 2 rings (SSSR count). The Morgan fingerprint density at radius 1 is 1.50 bits per heavy atom. The van der Waals surface area contributed by atoms with Crippen LogP contribution >= 0.6 is 11.3 Å². The van der Waals surface area contributed by atoms with Crippen molar-refractivity contribution in [2.45, 2.75) is 46.1 Å². The van der Waals surface area contributed by atoms with Crippen LogP contribution in [0.15, 0.2) is 28.9 Å². The van der Waals surface area contributed by atoms with E-state index in [4.69, 9.17) is 4.42 Å². The van der Waals surface area contributed by atoms with Crippen LogP contribution in [0.3, 0.4) is 0 Å². The lowest BCUT2D eigenvalue weighted by Crippen LogP contribution is -2.32. The molecule has 2 heterocycles. The van der Waals surface area contributed by atoms with E-state index in [2.05, 4.69) is 19.2 Å². The number of rotatable bonds is 6. The standard InChI is InChI=1S/C16H21NO2S/c1-4-14-11(2)10-15(20-14)16(18)17-12(3)7-8-13-6-5-9-19-13/h5-6,9-10,12H,4,7-8H2,1-3H3,(H,17,18). The molecule has 1 amide bonds. The molecule has 0 bridgehead atoms. The summed E-state index contributed by atoms with van der Waals surface area (Å²) in [4.78, 5) is 14.3. The molecule has 0 spiro atoms. The molecule has 0 aliphatic rings. The molecule has 1 N–H and O–H groups in total. The SMILES string of the molecule is CCc1sc(C(=O)NC(C)CCc2ccco2)cc1C. The number of hydrogen-bond donors (Lipinski definition) is 1. The highest BCUT2D eigenvalue weighted by molar-refractivity contribution is 7.14. The third kappa shape index (κ3) is 3.73. The summed E-state index contributed by atoms with van der Waals surface area (Å²) in [5.74, 6) is 0.996. The van der Waals surface area contributed by atoms with Gasteiger partial charge in [0.15, 0.2) is 0 Å². The molecule has 1 atom stereocenters. The Bertz CT molecular complexity index is 557. The van der Waals surface area contributed by atoms with Gasteiger partial charge in [-0.15, -0.1) is 11.3 Å². The van der Waals surface area contributed by atoms with Gasteiger partial charge < -0.3 is 9.73 Å². The van der Waals surface area contributed by atoms with E-state index in [1.54, 1.807) is 17.6 Å². The predicted molar refractivity (Wildman–Crippen MR) is 82.4 cm³/mol. The molecular weight excluding hydrogens is 270 g/mol. The molecule has 4 heteroatoms. The van der Waals surface area contributed by atoms with Gasteiger partial charge in [-0.1, -0.05) is 6.92 Å². The van der Waals surface area contributed by atoms with Crippen molar-refractivity contribution >= 4 is 17.2 Å². The first-order chi connectivity index (χ1) is 9.60. The average molecular weight is 291 g/mol. The van der Waals surface area contributed by atoms with Gasteiger partial charge in [-0.3, -0.25) is 4.79 Å². The van der Waals surface area contributed by atoms with Crippen molar-refractivity contribution in [2.75, 3.05) is 0 Å². The molecule has 0 saturated carbocycles. The van der Waals surface area contributed by atoms with Gasteiger partial charge in [-0.2, -0.15) is 0 Å². The van der Waals surface area contributed by atoms with Crippen LogP contribution in [0.5, 0.6) is 0 Å². The zero-order valence-electron chi connectivity index (χ0n) is 12.2. The molecule has 0 aliphatic heterocycles. The first-order valence-electron chi connectivity index (χ1n) is 7.02. The summed E-state index contributed by atoms with van der Waals surface area (Å²) in [6.45, 7) is 6.21. The minimum atomic E-state index is 0.0322. The minimum absolute atomic E-state index is 0.0322. The van der Waals surface area contributed by atoms with Crippen molar-refractivity contribution in [3.05, 3.63) is 45.5 Å². The van der Waals surface area contributed by atoms with Crippen molar-refractivity contribution in [3.8, 4) is 0 Å². The van der Waals surface area contributed by atoms with E-state index >= 15 is 0 Å². The fourth-order valence-electron chi connectivity index (χ4n) is 2.16. The molecule has 0 aromatic carbocycles. The number of thiophene rings is 1. The van der Waals surface area contributed by atoms with Crippen LogP contribution in [0.4, 0.5) is 0 Å². The van der Waals surface area contributed by atoms with Gasteiger partial charge >= 0.3 is 0 Å². The molecule has 0 aliphatic carbocycles. The highest BCUT2D eigenvalue weighted by Crippen LogP contribution is 2.22. The molecule has 20 heavy (non-hydrogen) atoms. The van der Waals surface area contributed by atoms with E-state index in [-0.39, 0.29) is 11.9 Å². The van der Waals surface area contributed by atoms with Crippen LogP contribution in [0.25, 0.3) is 0 Å². The Labute approximate surface area is 124 Å². The molecule has 2 aromatic heterocycles. The zero-order chi connectivity index (χ0) is 14.5. The van der Waals surface area contributed by atoms with Gasteiger partial charge in [0.2, 0.25) is 0 Å². The van der Waals surface area contributed by atoms with E-state index in [9.17, 15) is 4.79 Å². The maximum atomic E-state index is 12.2. The average Bonchev–Trinajstić information content (AvgIpc) is 3.05. The van der Waals surface area contributed by atoms with Gasteiger partial charge in [-0.05, 0) is 50.5 Å². The normalized spacial score (nSPS) is 12.3. The highest BCUT2D eigenvalue weighted by atomic mass is 32.1. The van der Waals surface area contributed by atoms with Crippen LogP contribution in [0.2, 0.25) is 0 Å². The second-order valence-corrected chi connectivity index (χ2v) is 6.20. The van der Waals surface area contributed by atoms with Crippen molar-refractivity contribution < 1.29 is 9.21 Å². The molecule has 108 valence electrons. The van der Waals surface area contributed by atoms with Gasteiger partial charge in [-0.25, -0.2) is 0 Å². The highest BCUT2D eigenvalue weighted by Gasteiger charge is 2.14. The van der Waals surface area contributed by atoms with E-state index < -0.39 is 0 Å². The summed E-state index contributed by atoms with van der Waals surface area (Å²) in [5, 5.41) is 3.05. The Morgan fingerprint density at radius 3 is 2.90 bits per heavy atom. The lowest BCUT2D eigenvalue weighted by atomic mass is 10.1. The fraction of sp³-hybridized carbons (Fsp3) is 0.438. The fourth-order valence-corrected chi connectivity index (χ4v) is 3.18. The van der Waals surface area contributed by atoms with Crippen molar-refractivity contribution in [1.29, 1.82) is 0 Å². The summed E-state index contributed by atoms with van der Waals surface area (Å²) in [7, 11) is 0. The number of carbonyl (C=O) groups is 1. The Hall–Kier alpha value is -1.55. The number of nitrogens with one attached hydrogen (secondary N) is 1. The van der Waals surface area contributed by atoms with Crippen molar-refractivity contribution in [1.82, 2.24) is 5.32 Å². The first kappa shape index (κ1) is 14.9. The second-order valence-electron chi connectivity index (χ2n) is 5.06. The third-order valence-electron chi connectivity index (χ3n) is 3.35. The van der Waals surface area contributed by atoms with Gasteiger partial charge in [0, 0.05) is 17.3 Å².